The maximum Gasteiger partial charge on any atom is 0.318 e. The molecule has 13 heteroatoms. The second kappa shape index (κ2) is 8.62. The minimum atomic E-state index is -0.869. The minimum Gasteiger partial charge on any atom is -0.338 e. The monoisotopic (exact) mass is 434 g/mol. The molecule has 1 aromatic carbocycles. The first-order valence-electron chi connectivity index (χ1n) is 9.73. The van der Waals surface area contributed by atoms with Gasteiger partial charge in [-0.3, -0.25) is 9.59 Å². The van der Waals surface area contributed by atoms with Gasteiger partial charge in [-0.1, -0.05) is 6.07 Å². The number of carbonyl (C=O) groups excluding carboxylic acids is 3. The topological polar surface area (TPSA) is 117 Å². The third kappa shape index (κ3) is 4.29. The van der Waals surface area contributed by atoms with Crippen LogP contribution in [0.3, 0.4) is 0 Å². The van der Waals surface area contributed by atoms with Crippen LogP contribution in [-0.2, 0) is 16.1 Å². The SMILES string of the molecule is O=C(Cn1cnnn1)N1CCN(C(=O)NC2CCN(c3c(F)cccc3F)C2=O)CC1. The van der Waals surface area contributed by atoms with Crippen LogP contribution < -0.4 is 10.2 Å². The predicted molar refractivity (Wildman–Crippen MR) is 102 cm³/mol. The van der Waals surface area contributed by atoms with Gasteiger partial charge in [0, 0.05) is 32.7 Å². The Morgan fingerprint density at radius 2 is 1.74 bits per heavy atom. The van der Waals surface area contributed by atoms with Crippen molar-refractivity contribution in [2.75, 3.05) is 37.6 Å². The summed E-state index contributed by atoms with van der Waals surface area (Å²) >= 11 is 0. The van der Waals surface area contributed by atoms with E-state index in [1.54, 1.807) is 4.90 Å². The second-order valence-electron chi connectivity index (χ2n) is 7.23. The zero-order chi connectivity index (χ0) is 22.0. The van der Waals surface area contributed by atoms with Crippen molar-refractivity contribution >= 4 is 23.5 Å². The number of rotatable bonds is 4. The van der Waals surface area contributed by atoms with Crippen LogP contribution in [0.2, 0.25) is 0 Å². The lowest BCUT2D eigenvalue weighted by Crippen LogP contribution is -2.55. The number of aromatic nitrogens is 4. The smallest absolute Gasteiger partial charge is 0.318 e. The highest BCUT2D eigenvalue weighted by molar-refractivity contribution is 6.01. The van der Waals surface area contributed by atoms with Crippen molar-refractivity contribution in [3.63, 3.8) is 0 Å². The maximum absolute atomic E-state index is 14.0. The first kappa shape index (κ1) is 20.6. The number of hydrogen-bond acceptors (Lipinski definition) is 6. The highest BCUT2D eigenvalue weighted by atomic mass is 19.1. The largest absolute Gasteiger partial charge is 0.338 e. The highest BCUT2D eigenvalue weighted by Gasteiger charge is 2.37. The molecule has 1 N–H and O–H groups in total. The summed E-state index contributed by atoms with van der Waals surface area (Å²) in [6.07, 6.45) is 1.58. The van der Waals surface area contributed by atoms with Gasteiger partial charge in [0.05, 0.1) is 0 Å². The number of carbonyl (C=O) groups is 3. The summed E-state index contributed by atoms with van der Waals surface area (Å²) in [6.45, 7) is 1.36. The van der Waals surface area contributed by atoms with Crippen molar-refractivity contribution in [1.29, 1.82) is 0 Å². The molecule has 0 radical (unpaired) electrons. The van der Waals surface area contributed by atoms with Crippen LogP contribution >= 0.6 is 0 Å². The molecule has 2 aliphatic heterocycles. The number of amides is 4. The average Bonchev–Trinajstić information content (AvgIpc) is 3.39. The molecule has 1 unspecified atom stereocenters. The number of para-hydroxylation sites is 1. The Labute approximate surface area is 175 Å². The molecule has 2 aromatic rings. The van der Waals surface area contributed by atoms with Gasteiger partial charge in [0.25, 0.3) is 0 Å². The van der Waals surface area contributed by atoms with Crippen molar-refractivity contribution in [1.82, 2.24) is 35.3 Å². The summed E-state index contributed by atoms with van der Waals surface area (Å²) < 4.78 is 29.3. The number of nitrogens with one attached hydrogen (secondary N) is 1. The van der Waals surface area contributed by atoms with E-state index in [-0.39, 0.29) is 25.4 Å². The Bertz CT molecular complexity index is 958. The lowest BCUT2D eigenvalue weighted by Gasteiger charge is -2.35. The molecule has 3 heterocycles. The van der Waals surface area contributed by atoms with Crippen LogP contribution in [0.15, 0.2) is 24.5 Å². The summed E-state index contributed by atoms with van der Waals surface area (Å²) in [4.78, 5) is 41.6. The van der Waals surface area contributed by atoms with Gasteiger partial charge in [-0.25, -0.2) is 18.3 Å². The van der Waals surface area contributed by atoms with Gasteiger partial charge >= 0.3 is 6.03 Å². The van der Waals surface area contributed by atoms with Gasteiger partial charge in [0.2, 0.25) is 11.8 Å². The van der Waals surface area contributed by atoms with Gasteiger partial charge in [-0.2, -0.15) is 0 Å². The Morgan fingerprint density at radius 1 is 1.06 bits per heavy atom. The number of benzene rings is 1. The average molecular weight is 434 g/mol. The van der Waals surface area contributed by atoms with Gasteiger partial charge in [0.1, 0.15) is 36.2 Å². The van der Waals surface area contributed by atoms with Crippen LogP contribution in [0.1, 0.15) is 6.42 Å². The molecular formula is C18H20F2N8O3. The summed E-state index contributed by atoms with van der Waals surface area (Å²) in [5.41, 5.74) is -0.404. The zero-order valence-corrected chi connectivity index (χ0v) is 16.4. The fourth-order valence-corrected chi connectivity index (χ4v) is 3.67. The fourth-order valence-electron chi connectivity index (χ4n) is 3.67. The van der Waals surface area contributed by atoms with Crippen LogP contribution in [0.5, 0.6) is 0 Å². The van der Waals surface area contributed by atoms with E-state index in [2.05, 4.69) is 20.8 Å². The molecule has 2 aliphatic rings. The quantitative estimate of drug-likeness (QED) is 0.701. The van der Waals surface area contributed by atoms with E-state index >= 15 is 0 Å². The molecule has 0 saturated carbocycles. The van der Waals surface area contributed by atoms with Crippen molar-refractivity contribution in [2.24, 2.45) is 0 Å². The minimum absolute atomic E-state index is 0.0121. The maximum atomic E-state index is 14.0. The number of anilines is 1. The Hall–Kier alpha value is -3.64. The van der Waals surface area contributed by atoms with Gasteiger partial charge < -0.3 is 20.0 Å². The zero-order valence-electron chi connectivity index (χ0n) is 16.4. The van der Waals surface area contributed by atoms with Gasteiger partial charge in [0.15, 0.2) is 0 Å². The first-order valence-corrected chi connectivity index (χ1v) is 9.73. The number of tetrazole rings is 1. The summed E-state index contributed by atoms with van der Waals surface area (Å²) in [6, 6.07) is 2.06. The molecule has 11 nitrogen and oxygen atoms in total. The van der Waals surface area contributed by atoms with E-state index < -0.39 is 35.3 Å². The van der Waals surface area contributed by atoms with E-state index in [9.17, 15) is 23.2 Å². The van der Waals surface area contributed by atoms with Crippen molar-refractivity contribution < 1.29 is 23.2 Å². The Kier molecular flexibility index (Phi) is 5.73. The highest BCUT2D eigenvalue weighted by Crippen LogP contribution is 2.27. The number of piperazine rings is 1. The molecule has 31 heavy (non-hydrogen) atoms. The molecule has 1 aromatic heterocycles. The van der Waals surface area contributed by atoms with E-state index in [1.165, 1.54) is 22.0 Å². The molecule has 2 fully saturated rings. The van der Waals surface area contributed by atoms with Crippen molar-refractivity contribution in [3.8, 4) is 0 Å². The fraction of sp³-hybridized carbons (Fsp3) is 0.444. The Morgan fingerprint density at radius 3 is 2.39 bits per heavy atom. The lowest BCUT2D eigenvalue weighted by molar-refractivity contribution is -0.133. The van der Waals surface area contributed by atoms with Crippen LogP contribution in [0.25, 0.3) is 0 Å². The van der Waals surface area contributed by atoms with Gasteiger partial charge in [-0.15, -0.1) is 5.10 Å². The molecular weight excluding hydrogens is 414 g/mol. The number of halogens is 2. The molecule has 2 saturated heterocycles. The summed E-state index contributed by atoms with van der Waals surface area (Å²) in [5.74, 6) is -2.39. The molecule has 1 atom stereocenters. The van der Waals surface area contributed by atoms with E-state index in [4.69, 9.17) is 0 Å². The molecule has 0 aliphatic carbocycles. The van der Waals surface area contributed by atoms with Crippen LogP contribution in [0.4, 0.5) is 19.3 Å². The third-order valence-electron chi connectivity index (χ3n) is 5.32. The normalized spacial score (nSPS) is 19.1. The molecule has 0 bridgehead atoms. The Balaban J connectivity index is 1.29. The van der Waals surface area contributed by atoms with Crippen molar-refractivity contribution in [3.05, 3.63) is 36.2 Å². The van der Waals surface area contributed by atoms with E-state index in [0.717, 1.165) is 17.0 Å². The number of hydrogen-bond donors (Lipinski definition) is 1. The van der Waals surface area contributed by atoms with Crippen molar-refractivity contribution in [2.45, 2.75) is 19.0 Å². The third-order valence-corrected chi connectivity index (χ3v) is 5.32. The second-order valence-corrected chi connectivity index (χ2v) is 7.23. The number of urea groups is 1. The van der Waals surface area contributed by atoms with Crippen LogP contribution in [-0.4, -0.2) is 86.6 Å². The molecule has 4 rings (SSSR count). The first-order chi connectivity index (χ1) is 14.9. The predicted octanol–water partition coefficient (Wildman–Crippen LogP) is -0.389. The summed E-state index contributed by atoms with van der Waals surface area (Å²) in [7, 11) is 0. The molecule has 164 valence electrons. The standard InChI is InChI=1S/C18H20F2N8O3/c19-12-2-1-3-13(20)16(12)28-5-4-14(17(28)30)22-18(31)26-8-6-25(7-9-26)15(29)10-27-11-21-23-24-27/h1-3,11,14H,4-10H2,(H,22,31). The lowest BCUT2D eigenvalue weighted by atomic mass is 10.2. The van der Waals surface area contributed by atoms with Gasteiger partial charge in [-0.05, 0) is 29.0 Å². The molecule has 0 spiro atoms. The van der Waals surface area contributed by atoms with E-state index in [1.807, 2.05) is 0 Å². The van der Waals surface area contributed by atoms with E-state index in [0.29, 0.717) is 26.2 Å². The molecule has 4 amide bonds. The van der Waals surface area contributed by atoms with Crippen LogP contribution in [0, 0.1) is 11.6 Å². The summed E-state index contributed by atoms with van der Waals surface area (Å²) in [5, 5.41) is 13.2. The number of nitrogens with zero attached hydrogens (tertiary/aromatic N) is 7.